The Balaban J connectivity index is 1.60. The quantitative estimate of drug-likeness (QED) is 0.294. The van der Waals surface area contributed by atoms with Crippen molar-refractivity contribution in [3.8, 4) is 11.3 Å². The Hall–Kier alpha value is -3.05. The summed E-state index contributed by atoms with van der Waals surface area (Å²) < 4.78 is 18.5. The van der Waals surface area contributed by atoms with Gasteiger partial charge >= 0.3 is 0 Å². The van der Waals surface area contributed by atoms with E-state index in [2.05, 4.69) is 54.8 Å². The van der Waals surface area contributed by atoms with Crippen molar-refractivity contribution in [2.75, 3.05) is 5.75 Å². The summed E-state index contributed by atoms with van der Waals surface area (Å²) in [7, 11) is 0. The van der Waals surface area contributed by atoms with E-state index in [1.54, 1.807) is 18.0 Å². The molecule has 0 fully saturated rings. The van der Waals surface area contributed by atoms with Gasteiger partial charge in [-0.15, -0.1) is 0 Å². The van der Waals surface area contributed by atoms with Gasteiger partial charge in [0.1, 0.15) is 11.5 Å². The maximum absolute atomic E-state index is 14.2. The van der Waals surface area contributed by atoms with Crippen LogP contribution < -0.4 is 0 Å². The van der Waals surface area contributed by atoms with E-state index < -0.39 is 0 Å². The summed E-state index contributed by atoms with van der Waals surface area (Å²) in [6, 6.07) is 23.9. The van der Waals surface area contributed by atoms with Gasteiger partial charge in [-0.2, -0.15) is 5.10 Å². The van der Waals surface area contributed by atoms with Crippen molar-refractivity contribution in [3.63, 3.8) is 0 Å². The van der Waals surface area contributed by atoms with E-state index >= 15 is 0 Å². The van der Waals surface area contributed by atoms with Crippen LogP contribution in [0.15, 0.2) is 72.8 Å². The molecular formula is C26H24FN3S. The lowest BCUT2D eigenvalue weighted by Crippen LogP contribution is -1.97. The molecule has 31 heavy (non-hydrogen) atoms. The fraction of sp³-hybridized carbons (Fsp3) is 0.192. The molecule has 156 valence electrons. The largest absolute Gasteiger partial charge is 0.344 e. The minimum absolute atomic E-state index is 0.219. The third kappa shape index (κ3) is 3.53. The number of nitrogens with zero attached hydrogens (tertiary/aromatic N) is 3. The molecule has 2 aromatic heterocycles. The van der Waals surface area contributed by atoms with E-state index in [-0.39, 0.29) is 5.82 Å². The number of halogens is 1. The molecule has 0 bridgehead atoms. The van der Waals surface area contributed by atoms with Crippen LogP contribution in [-0.4, -0.2) is 19.5 Å². The highest BCUT2D eigenvalue weighted by Gasteiger charge is 2.21. The summed E-state index contributed by atoms with van der Waals surface area (Å²) in [4.78, 5) is 0. The second-order valence-corrected chi connectivity index (χ2v) is 8.69. The summed E-state index contributed by atoms with van der Waals surface area (Å²) in [5.74, 6) is 0.711. The van der Waals surface area contributed by atoms with E-state index in [4.69, 9.17) is 5.10 Å². The number of hydrogen-bond acceptors (Lipinski definition) is 2. The summed E-state index contributed by atoms with van der Waals surface area (Å²) in [5, 5.41) is 7.04. The minimum Gasteiger partial charge on any atom is -0.344 e. The Labute approximate surface area is 185 Å². The Morgan fingerprint density at radius 2 is 1.68 bits per heavy atom. The van der Waals surface area contributed by atoms with Crippen LogP contribution in [0.2, 0.25) is 0 Å². The molecule has 0 amide bonds. The Morgan fingerprint density at radius 3 is 2.48 bits per heavy atom. The topological polar surface area (TPSA) is 22.8 Å². The van der Waals surface area contributed by atoms with Gasteiger partial charge < -0.3 is 4.57 Å². The third-order valence-corrected chi connectivity index (χ3v) is 6.75. The second kappa shape index (κ2) is 8.23. The summed E-state index contributed by atoms with van der Waals surface area (Å²) in [5.41, 5.74) is 6.52. The molecule has 0 radical (unpaired) electrons. The van der Waals surface area contributed by atoms with Crippen molar-refractivity contribution in [2.45, 2.75) is 26.8 Å². The molecule has 5 rings (SSSR count). The van der Waals surface area contributed by atoms with Crippen LogP contribution in [0.4, 0.5) is 4.39 Å². The molecule has 0 N–H and O–H groups in total. The maximum Gasteiger partial charge on any atom is 0.123 e. The van der Waals surface area contributed by atoms with Gasteiger partial charge in [0.25, 0.3) is 0 Å². The van der Waals surface area contributed by atoms with Crippen molar-refractivity contribution < 1.29 is 4.39 Å². The van der Waals surface area contributed by atoms with Crippen molar-refractivity contribution >= 4 is 33.8 Å². The standard InChI is InChI=1S/C26H24FN3S/c1-3-29-18(2)25(22-17-20(27)13-14-23(22)29)26-21-11-7-8-12-24(21)30(28-26)31-16-15-19-9-5-4-6-10-19/h4-14,17H,3,15-16H2,1-2H3. The van der Waals surface area contributed by atoms with E-state index in [1.165, 1.54) is 11.6 Å². The minimum atomic E-state index is -0.219. The van der Waals surface area contributed by atoms with Crippen LogP contribution in [-0.2, 0) is 13.0 Å². The molecule has 5 aromatic rings. The highest BCUT2D eigenvalue weighted by Crippen LogP contribution is 2.38. The lowest BCUT2D eigenvalue weighted by molar-refractivity contribution is 0.629. The molecule has 0 saturated carbocycles. The van der Waals surface area contributed by atoms with Crippen molar-refractivity contribution in [1.82, 2.24) is 13.8 Å². The Kier molecular flexibility index (Phi) is 5.28. The number of benzene rings is 3. The second-order valence-electron chi connectivity index (χ2n) is 7.67. The van der Waals surface area contributed by atoms with Gasteiger partial charge in [0, 0.05) is 39.8 Å². The fourth-order valence-electron chi connectivity index (χ4n) is 4.38. The molecule has 0 atom stereocenters. The molecule has 2 heterocycles. The molecule has 0 aliphatic heterocycles. The average Bonchev–Trinajstić information content (AvgIpc) is 3.28. The molecule has 0 spiro atoms. The first-order valence-corrected chi connectivity index (χ1v) is 11.6. The zero-order valence-corrected chi connectivity index (χ0v) is 18.5. The van der Waals surface area contributed by atoms with Crippen molar-refractivity contribution in [2.24, 2.45) is 0 Å². The van der Waals surface area contributed by atoms with Gasteiger partial charge in [0.05, 0.1) is 5.52 Å². The summed E-state index contributed by atoms with van der Waals surface area (Å²) in [6.07, 6.45) is 0.981. The Bertz CT molecular complexity index is 1370. The normalized spacial score (nSPS) is 11.6. The SMILES string of the molecule is CCn1c(C)c(-c2nn(SCCc3ccccc3)c3ccccc23)c2cc(F)ccc21. The third-order valence-electron chi connectivity index (χ3n) is 5.84. The number of rotatable bonds is 6. The molecular weight excluding hydrogens is 405 g/mol. The number of aromatic nitrogens is 3. The highest BCUT2D eigenvalue weighted by atomic mass is 32.2. The first-order chi connectivity index (χ1) is 15.2. The van der Waals surface area contributed by atoms with Gasteiger partial charge in [-0.25, -0.2) is 8.48 Å². The zero-order valence-electron chi connectivity index (χ0n) is 17.7. The number of hydrogen-bond donors (Lipinski definition) is 0. The summed E-state index contributed by atoms with van der Waals surface area (Å²) in [6.45, 7) is 5.06. The summed E-state index contributed by atoms with van der Waals surface area (Å²) >= 11 is 1.71. The monoisotopic (exact) mass is 429 g/mol. The molecule has 0 unspecified atom stereocenters. The smallest absolute Gasteiger partial charge is 0.123 e. The lowest BCUT2D eigenvalue weighted by Gasteiger charge is -2.04. The predicted molar refractivity (Wildman–Crippen MR) is 129 cm³/mol. The van der Waals surface area contributed by atoms with Crippen molar-refractivity contribution in [3.05, 3.63) is 89.9 Å². The average molecular weight is 430 g/mol. The van der Waals surface area contributed by atoms with Crippen LogP contribution in [0.1, 0.15) is 18.2 Å². The van der Waals surface area contributed by atoms with Gasteiger partial charge in [0.2, 0.25) is 0 Å². The highest BCUT2D eigenvalue weighted by molar-refractivity contribution is 7.97. The van der Waals surface area contributed by atoms with Gasteiger partial charge in [-0.1, -0.05) is 48.5 Å². The molecule has 0 aliphatic carbocycles. The van der Waals surface area contributed by atoms with E-state index in [0.29, 0.717) is 0 Å². The number of para-hydroxylation sites is 1. The molecule has 3 nitrogen and oxygen atoms in total. The zero-order chi connectivity index (χ0) is 21.4. The van der Waals surface area contributed by atoms with Gasteiger partial charge in [0.15, 0.2) is 0 Å². The van der Waals surface area contributed by atoms with E-state index in [9.17, 15) is 4.39 Å². The predicted octanol–water partition coefficient (Wildman–Crippen LogP) is 6.86. The van der Waals surface area contributed by atoms with Crippen LogP contribution in [0, 0.1) is 12.7 Å². The van der Waals surface area contributed by atoms with Gasteiger partial charge in [-0.05, 0) is 62.0 Å². The maximum atomic E-state index is 14.2. The first-order valence-electron chi connectivity index (χ1n) is 10.6. The molecule has 0 saturated heterocycles. The lowest BCUT2D eigenvalue weighted by atomic mass is 10.0. The van der Waals surface area contributed by atoms with E-state index in [0.717, 1.165) is 57.5 Å². The van der Waals surface area contributed by atoms with Crippen LogP contribution in [0.25, 0.3) is 33.1 Å². The van der Waals surface area contributed by atoms with E-state index in [1.807, 2.05) is 28.4 Å². The van der Waals surface area contributed by atoms with Crippen LogP contribution in [0.3, 0.4) is 0 Å². The number of fused-ring (bicyclic) bond motifs is 2. The van der Waals surface area contributed by atoms with Crippen molar-refractivity contribution in [1.29, 1.82) is 0 Å². The molecule has 0 aliphatic rings. The Morgan fingerprint density at radius 1 is 0.903 bits per heavy atom. The first kappa shape index (κ1) is 19.9. The van der Waals surface area contributed by atoms with Crippen LogP contribution >= 0.6 is 11.9 Å². The molecule has 3 aromatic carbocycles. The van der Waals surface area contributed by atoms with Gasteiger partial charge in [-0.3, -0.25) is 0 Å². The molecule has 5 heteroatoms. The van der Waals surface area contributed by atoms with Crippen LogP contribution in [0.5, 0.6) is 0 Å². The fourth-order valence-corrected chi connectivity index (χ4v) is 5.32. The number of aryl methyl sites for hydroxylation is 2.